The van der Waals surface area contributed by atoms with Crippen molar-refractivity contribution in [1.82, 2.24) is 0 Å². The third kappa shape index (κ3) is 7.90. The minimum atomic E-state index is -1.66. The molecule has 2 saturated heterocycles. The van der Waals surface area contributed by atoms with Crippen LogP contribution in [0.5, 0.6) is 11.5 Å². The average Bonchev–Trinajstić information content (AvgIpc) is 3.01. The molecule has 0 unspecified atom stereocenters. The molecule has 45 heavy (non-hydrogen) atoms. The van der Waals surface area contributed by atoms with Gasteiger partial charge in [0.15, 0.2) is 0 Å². The van der Waals surface area contributed by atoms with Gasteiger partial charge >= 0.3 is 0 Å². The second-order valence-electron chi connectivity index (χ2n) is 12.6. The highest BCUT2D eigenvalue weighted by molar-refractivity contribution is 5.53. The first kappa shape index (κ1) is 35.7. The molecule has 0 radical (unpaired) electrons. The lowest BCUT2D eigenvalue weighted by molar-refractivity contribution is -0.279. The van der Waals surface area contributed by atoms with Crippen molar-refractivity contribution in [3.63, 3.8) is 0 Å². The molecule has 12 nitrogen and oxygen atoms in total. The number of unbranched alkanes of at least 4 members (excludes halogenated alkanes) is 2. The summed E-state index contributed by atoms with van der Waals surface area (Å²) < 4.78 is 24.1. The predicted molar refractivity (Wildman–Crippen MR) is 162 cm³/mol. The Labute approximate surface area is 264 Å². The second-order valence-corrected chi connectivity index (χ2v) is 12.6. The second kappa shape index (κ2) is 15.7. The van der Waals surface area contributed by atoms with Gasteiger partial charge < -0.3 is 59.8 Å². The SMILES string of the molecule is C=C(C)[C@@H]1CCC(C)=C[C@H]1c1c(O[C@@H]2O[C@H](CO)[C@@H](O)[C@H](O)[C@H]2O)cc(CCCCC)cc1O[C@@H]1O[C@H](CO)[C@@H](O)[C@H](O)[C@H]1O. The Morgan fingerprint density at radius 1 is 0.822 bits per heavy atom. The van der Waals surface area contributed by atoms with Crippen LogP contribution >= 0.6 is 0 Å². The third-order valence-electron chi connectivity index (χ3n) is 9.13. The molecule has 0 saturated carbocycles. The van der Waals surface area contributed by atoms with E-state index in [1.54, 1.807) is 12.1 Å². The summed E-state index contributed by atoms with van der Waals surface area (Å²) in [6.07, 6.45) is -7.97. The third-order valence-corrected chi connectivity index (χ3v) is 9.13. The molecule has 12 heteroatoms. The zero-order valence-corrected chi connectivity index (χ0v) is 26.2. The Kier molecular flexibility index (Phi) is 12.4. The Morgan fingerprint density at radius 3 is 1.78 bits per heavy atom. The number of aryl methyl sites for hydroxylation is 1. The number of ether oxygens (including phenoxy) is 4. The molecule has 0 aromatic heterocycles. The van der Waals surface area contributed by atoms with E-state index in [1.807, 2.05) is 13.8 Å². The van der Waals surface area contributed by atoms with Crippen molar-refractivity contribution in [3.05, 3.63) is 47.1 Å². The first-order valence-corrected chi connectivity index (χ1v) is 15.9. The maximum atomic E-state index is 10.9. The fraction of sp³-hybridized carbons (Fsp3) is 0.697. The maximum Gasteiger partial charge on any atom is 0.229 e. The summed E-state index contributed by atoms with van der Waals surface area (Å²) in [6, 6.07) is 3.61. The number of benzene rings is 1. The number of rotatable bonds is 12. The summed E-state index contributed by atoms with van der Waals surface area (Å²) in [5, 5.41) is 82.9. The van der Waals surface area contributed by atoms with Crippen LogP contribution < -0.4 is 9.47 Å². The van der Waals surface area contributed by atoms with Crippen molar-refractivity contribution in [2.45, 2.75) is 127 Å². The quantitative estimate of drug-likeness (QED) is 0.119. The van der Waals surface area contributed by atoms with Crippen LogP contribution in [0.25, 0.3) is 0 Å². The molecule has 3 aliphatic rings. The lowest BCUT2D eigenvalue weighted by Crippen LogP contribution is -2.60. The van der Waals surface area contributed by atoms with Crippen molar-refractivity contribution in [3.8, 4) is 11.5 Å². The number of allylic oxidation sites excluding steroid dienone is 3. The van der Waals surface area contributed by atoms with Gasteiger partial charge in [0.25, 0.3) is 0 Å². The largest absolute Gasteiger partial charge is 0.462 e. The molecule has 2 aliphatic heterocycles. The molecule has 12 atom stereocenters. The Bertz CT molecular complexity index is 1110. The molecule has 254 valence electrons. The van der Waals surface area contributed by atoms with Crippen LogP contribution in [0.4, 0.5) is 0 Å². The molecular weight excluding hydrogens is 588 g/mol. The zero-order valence-electron chi connectivity index (χ0n) is 26.2. The molecule has 2 heterocycles. The van der Waals surface area contributed by atoms with Crippen LogP contribution in [0, 0.1) is 5.92 Å². The number of aliphatic hydroxyl groups is 8. The molecule has 0 bridgehead atoms. The van der Waals surface area contributed by atoms with E-state index in [0.29, 0.717) is 12.0 Å². The summed E-state index contributed by atoms with van der Waals surface area (Å²) in [6.45, 7) is 9.00. The van der Waals surface area contributed by atoms with Gasteiger partial charge in [-0.05, 0) is 63.1 Å². The van der Waals surface area contributed by atoms with Crippen LogP contribution in [0.3, 0.4) is 0 Å². The van der Waals surface area contributed by atoms with Gasteiger partial charge in [-0.2, -0.15) is 0 Å². The van der Waals surface area contributed by atoms with E-state index in [2.05, 4.69) is 19.6 Å². The minimum absolute atomic E-state index is 0.0612. The minimum Gasteiger partial charge on any atom is -0.462 e. The lowest BCUT2D eigenvalue weighted by atomic mass is 9.73. The number of hydrogen-bond acceptors (Lipinski definition) is 12. The molecular formula is C33H50O12. The van der Waals surface area contributed by atoms with Gasteiger partial charge in [0, 0.05) is 11.5 Å². The van der Waals surface area contributed by atoms with Crippen LogP contribution in [0.1, 0.15) is 69.9 Å². The highest BCUT2D eigenvalue weighted by Crippen LogP contribution is 2.48. The van der Waals surface area contributed by atoms with E-state index in [1.165, 1.54) is 0 Å². The summed E-state index contributed by atoms with van der Waals surface area (Å²) in [4.78, 5) is 0. The smallest absolute Gasteiger partial charge is 0.229 e. The fourth-order valence-corrected chi connectivity index (χ4v) is 6.39. The number of aliphatic hydroxyl groups excluding tert-OH is 8. The molecule has 8 N–H and O–H groups in total. The van der Waals surface area contributed by atoms with E-state index in [-0.39, 0.29) is 23.3 Å². The zero-order chi connectivity index (χ0) is 33.0. The van der Waals surface area contributed by atoms with Gasteiger partial charge in [-0.25, -0.2) is 0 Å². The topological polar surface area (TPSA) is 199 Å². The first-order valence-electron chi connectivity index (χ1n) is 15.9. The van der Waals surface area contributed by atoms with Crippen molar-refractivity contribution >= 4 is 0 Å². The Morgan fingerprint density at radius 2 is 1.33 bits per heavy atom. The lowest BCUT2D eigenvalue weighted by Gasteiger charge is -2.41. The normalized spacial score (nSPS) is 37.2. The van der Waals surface area contributed by atoms with E-state index in [4.69, 9.17) is 18.9 Å². The fourth-order valence-electron chi connectivity index (χ4n) is 6.39. The molecule has 1 aliphatic carbocycles. The monoisotopic (exact) mass is 638 g/mol. The molecule has 1 aromatic carbocycles. The summed E-state index contributed by atoms with van der Waals surface area (Å²) >= 11 is 0. The van der Waals surface area contributed by atoms with Gasteiger partial charge in [-0.3, -0.25) is 0 Å². The molecule has 0 spiro atoms. The van der Waals surface area contributed by atoms with Crippen LogP contribution in [-0.4, -0.2) is 115 Å². The molecule has 2 fully saturated rings. The van der Waals surface area contributed by atoms with Crippen LogP contribution in [0.15, 0.2) is 35.9 Å². The van der Waals surface area contributed by atoms with E-state index in [9.17, 15) is 40.9 Å². The first-order chi connectivity index (χ1) is 21.4. The van der Waals surface area contributed by atoms with Crippen molar-refractivity contribution in [1.29, 1.82) is 0 Å². The summed E-state index contributed by atoms with van der Waals surface area (Å²) in [5.41, 5.74) is 3.32. The van der Waals surface area contributed by atoms with Gasteiger partial charge in [0.2, 0.25) is 12.6 Å². The highest BCUT2D eigenvalue weighted by atomic mass is 16.7. The maximum absolute atomic E-state index is 10.9. The van der Waals surface area contributed by atoms with Crippen molar-refractivity contribution in [2.75, 3.05) is 13.2 Å². The highest BCUT2D eigenvalue weighted by Gasteiger charge is 2.47. The van der Waals surface area contributed by atoms with E-state index >= 15 is 0 Å². The predicted octanol–water partition coefficient (Wildman–Crippen LogP) is 0.793. The molecule has 0 amide bonds. The van der Waals surface area contributed by atoms with Crippen molar-refractivity contribution < 1.29 is 59.8 Å². The number of hydrogen-bond donors (Lipinski definition) is 8. The van der Waals surface area contributed by atoms with Crippen LogP contribution in [0.2, 0.25) is 0 Å². The van der Waals surface area contributed by atoms with Gasteiger partial charge in [0.05, 0.1) is 13.2 Å². The average molecular weight is 639 g/mol. The Hall–Kier alpha value is -2.10. The van der Waals surface area contributed by atoms with Gasteiger partial charge in [-0.1, -0.05) is 43.6 Å². The van der Waals surface area contributed by atoms with E-state index in [0.717, 1.165) is 48.8 Å². The van der Waals surface area contributed by atoms with Gasteiger partial charge in [-0.15, -0.1) is 0 Å². The molecule has 4 rings (SSSR count). The Balaban J connectivity index is 1.86. The standard InChI is InChI=1S/C33H50O12/c1-5-6-7-8-18-12-21(42-32-30(40)28(38)26(36)23(14-34)44-32)25(20-11-17(4)9-10-19(20)16(2)3)22(13-18)43-33-31(41)29(39)27(37)24(15-35)45-33/h11-13,19-20,23-24,26-41H,2,5-10,14-15H2,1,3-4H3/t19-,20+,23+,24+,26+,27+,28-,29-,30+,31+,32+,33+/m0/s1. The summed E-state index contributed by atoms with van der Waals surface area (Å²) in [7, 11) is 0. The summed E-state index contributed by atoms with van der Waals surface area (Å²) in [5.74, 6) is 0.0693. The van der Waals surface area contributed by atoms with Crippen molar-refractivity contribution in [2.24, 2.45) is 5.92 Å². The van der Waals surface area contributed by atoms with Crippen LogP contribution in [-0.2, 0) is 15.9 Å². The molecule has 1 aromatic rings. The van der Waals surface area contributed by atoms with E-state index < -0.39 is 74.6 Å². The van der Waals surface area contributed by atoms with Gasteiger partial charge in [0.1, 0.15) is 60.3 Å².